The van der Waals surface area contributed by atoms with E-state index in [1.54, 1.807) is 0 Å². The quantitative estimate of drug-likeness (QED) is 0.278. The van der Waals surface area contributed by atoms with E-state index in [1.807, 2.05) is 48.5 Å². The predicted molar refractivity (Wildman–Crippen MR) is 105 cm³/mol. The Morgan fingerprint density at radius 2 is 1.88 bits per heavy atom. The molecule has 5 N–H and O–H groups in total. The highest BCUT2D eigenvalue weighted by atomic mass is 16.5. The number of carbonyl (C=O) groups excluding carboxylic acids is 1. The number of benzene rings is 2. The summed E-state index contributed by atoms with van der Waals surface area (Å²) in [6, 6.07) is 15.4. The third kappa shape index (κ3) is 5.81. The molecule has 0 aliphatic carbocycles. The molecule has 6 heteroatoms. The van der Waals surface area contributed by atoms with Crippen molar-refractivity contribution < 1.29 is 9.53 Å². The van der Waals surface area contributed by atoms with Gasteiger partial charge in [0.25, 0.3) is 0 Å². The number of rotatable bonds is 9. The average Bonchev–Trinajstić information content (AvgIpc) is 2.65. The number of nitrogens with one attached hydrogen (secondary N) is 1. The number of carbonyl (C=O) groups is 1. The number of anilines is 2. The van der Waals surface area contributed by atoms with Gasteiger partial charge in [0.1, 0.15) is 5.84 Å². The number of nitrogens with zero attached hydrogens (tertiary/aromatic N) is 1. The number of methoxy groups -OCH3 is 1. The van der Waals surface area contributed by atoms with Gasteiger partial charge < -0.3 is 21.1 Å². The van der Waals surface area contributed by atoms with Crippen molar-refractivity contribution in [3.05, 3.63) is 59.7 Å². The van der Waals surface area contributed by atoms with Crippen molar-refractivity contribution in [2.75, 3.05) is 30.8 Å². The molecular weight excluding hydrogens is 328 g/mol. The minimum Gasteiger partial charge on any atom is -0.469 e. The Morgan fingerprint density at radius 3 is 2.54 bits per heavy atom. The van der Waals surface area contributed by atoms with Gasteiger partial charge in [-0.15, -0.1) is 0 Å². The van der Waals surface area contributed by atoms with Gasteiger partial charge in [-0.1, -0.05) is 24.3 Å². The van der Waals surface area contributed by atoms with E-state index in [9.17, 15) is 4.79 Å². The topological polar surface area (TPSA) is 105 Å². The average molecular weight is 354 g/mol. The van der Waals surface area contributed by atoms with Crippen LogP contribution < -0.4 is 16.4 Å². The lowest BCUT2D eigenvalue weighted by Crippen LogP contribution is -2.28. The maximum absolute atomic E-state index is 11.4. The fourth-order valence-electron chi connectivity index (χ4n) is 2.70. The summed E-state index contributed by atoms with van der Waals surface area (Å²) < 4.78 is 4.71. The van der Waals surface area contributed by atoms with Gasteiger partial charge in [-0.05, 0) is 42.7 Å². The molecule has 0 amide bonds. The molecule has 6 nitrogen and oxygen atoms in total. The number of amidine groups is 1. The van der Waals surface area contributed by atoms with Crippen LogP contribution in [0.1, 0.15) is 24.0 Å². The Balaban J connectivity index is 2.09. The second-order valence-electron chi connectivity index (χ2n) is 6.12. The Morgan fingerprint density at radius 1 is 1.15 bits per heavy atom. The van der Waals surface area contributed by atoms with Crippen molar-refractivity contribution in [3.8, 4) is 0 Å². The van der Waals surface area contributed by atoms with Gasteiger partial charge in [0.05, 0.1) is 7.11 Å². The zero-order chi connectivity index (χ0) is 18.9. The number of hydrogen-bond acceptors (Lipinski definition) is 5. The lowest BCUT2D eigenvalue weighted by Gasteiger charge is -2.25. The molecule has 0 saturated heterocycles. The highest BCUT2D eigenvalue weighted by Gasteiger charge is 2.10. The fourth-order valence-corrected chi connectivity index (χ4v) is 2.70. The van der Waals surface area contributed by atoms with Gasteiger partial charge in [0.2, 0.25) is 0 Å². The molecule has 0 saturated carbocycles. The van der Waals surface area contributed by atoms with Gasteiger partial charge in [-0.3, -0.25) is 10.2 Å². The van der Waals surface area contributed by atoms with Gasteiger partial charge in [-0.2, -0.15) is 0 Å². The SMILES string of the molecule is COC(=O)CCCN(CCc1ccc(N)cc1)c1cccc(C(=N)N)c1. The smallest absolute Gasteiger partial charge is 0.305 e. The Hall–Kier alpha value is -3.02. The third-order valence-corrected chi connectivity index (χ3v) is 4.21. The van der Waals surface area contributed by atoms with Gasteiger partial charge >= 0.3 is 5.97 Å². The van der Waals surface area contributed by atoms with Crippen molar-refractivity contribution in [2.45, 2.75) is 19.3 Å². The molecule has 2 aromatic rings. The van der Waals surface area contributed by atoms with Crippen molar-refractivity contribution >= 4 is 23.2 Å². The molecule has 2 rings (SSSR count). The molecule has 0 unspecified atom stereocenters. The number of esters is 1. The summed E-state index contributed by atoms with van der Waals surface area (Å²) in [5.41, 5.74) is 15.0. The van der Waals surface area contributed by atoms with E-state index in [1.165, 1.54) is 12.7 Å². The summed E-state index contributed by atoms with van der Waals surface area (Å²) in [6.45, 7) is 1.50. The predicted octanol–water partition coefficient (Wildman–Crippen LogP) is 2.56. The molecule has 0 atom stereocenters. The lowest BCUT2D eigenvalue weighted by molar-refractivity contribution is -0.140. The van der Waals surface area contributed by atoms with Crippen LogP contribution in [-0.2, 0) is 16.0 Å². The maximum atomic E-state index is 11.4. The third-order valence-electron chi connectivity index (χ3n) is 4.21. The summed E-state index contributed by atoms with van der Waals surface area (Å²) in [4.78, 5) is 13.6. The van der Waals surface area contributed by atoms with Crippen molar-refractivity contribution in [1.82, 2.24) is 0 Å². The first-order valence-corrected chi connectivity index (χ1v) is 8.60. The summed E-state index contributed by atoms with van der Waals surface area (Å²) in [5.74, 6) is -0.166. The monoisotopic (exact) mass is 354 g/mol. The zero-order valence-corrected chi connectivity index (χ0v) is 15.1. The van der Waals surface area contributed by atoms with Crippen LogP contribution in [0.15, 0.2) is 48.5 Å². The van der Waals surface area contributed by atoms with Crippen LogP contribution in [-0.4, -0.2) is 32.0 Å². The molecule has 2 aromatic carbocycles. The Bertz CT molecular complexity index is 744. The minimum atomic E-state index is -0.207. The van der Waals surface area contributed by atoms with E-state index in [0.717, 1.165) is 24.3 Å². The van der Waals surface area contributed by atoms with Crippen LogP contribution in [0.3, 0.4) is 0 Å². The van der Waals surface area contributed by atoms with Crippen LogP contribution in [0.2, 0.25) is 0 Å². The molecule has 0 spiro atoms. The first-order chi connectivity index (χ1) is 12.5. The van der Waals surface area contributed by atoms with E-state index < -0.39 is 0 Å². The van der Waals surface area contributed by atoms with E-state index in [-0.39, 0.29) is 11.8 Å². The Labute approximate surface area is 154 Å². The van der Waals surface area contributed by atoms with Crippen LogP contribution in [0.25, 0.3) is 0 Å². The lowest BCUT2D eigenvalue weighted by atomic mass is 10.1. The first-order valence-electron chi connectivity index (χ1n) is 8.60. The summed E-state index contributed by atoms with van der Waals surface area (Å²) in [6.07, 6.45) is 1.92. The molecule has 26 heavy (non-hydrogen) atoms. The standard InChI is InChI=1S/C20H26N4O2/c1-26-19(25)6-3-12-24(13-11-15-7-9-17(21)10-8-15)18-5-2-4-16(14-18)20(22)23/h2,4-5,7-10,14H,3,6,11-13,21H2,1H3,(H3,22,23). The summed E-state index contributed by atoms with van der Waals surface area (Å²) in [7, 11) is 1.40. The molecule has 0 aromatic heterocycles. The van der Waals surface area contributed by atoms with E-state index in [4.69, 9.17) is 21.6 Å². The fraction of sp³-hybridized carbons (Fsp3) is 0.300. The summed E-state index contributed by atoms with van der Waals surface area (Å²) >= 11 is 0. The Kier molecular flexibility index (Phi) is 7.02. The van der Waals surface area contributed by atoms with Gasteiger partial charge in [0, 0.05) is 36.4 Å². The van der Waals surface area contributed by atoms with E-state index >= 15 is 0 Å². The minimum absolute atomic E-state index is 0.0416. The van der Waals surface area contributed by atoms with Crippen LogP contribution in [0.4, 0.5) is 11.4 Å². The number of nitrogen functional groups attached to an aromatic ring is 2. The van der Waals surface area contributed by atoms with Crippen LogP contribution in [0, 0.1) is 5.41 Å². The molecule has 0 aliphatic rings. The van der Waals surface area contributed by atoms with Crippen molar-refractivity contribution in [3.63, 3.8) is 0 Å². The van der Waals surface area contributed by atoms with Gasteiger partial charge in [-0.25, -0.2) is 0 Å². The highest BCUT2D eigenvalue weighted by Crippen LogP contribution is 2.18. The van der Waals surface area contributed by atoms with Crippen molar-refractivity contribution in [2.24, 2.45) is 5.73 Å². The molecule has 0 aliphatic heterocycles. The molecular formula is C20H26N4O2. The first kappa shape index (κ1) is 19.3. The second-order valence-corrected chi connectivity index (χ2v) is 6.12. The molecule has 0 fully saturated rings. The molecule has 138 valence electrons. The highest BCUT2D eigenvalue weighted by molar-refractivity contribution is 5.95. The van der Waals surface area contributed by atoms with E-state index in [0.29, 0.717) is 24.9 Å². The summed E-state index contributed by atoms with van der Waals surface area (Å²) in [5, 5.41) is 7.64. The largest absolute Gasteiger partial charge is 0.469 e. The number of ether oxygens (including phenoxy) is 1. The maximum Gasteiger partial charge on any atom is 0.305 e. The second kappa shape index (κ2) is 9.46. The molecule has 0 heterocycles. The van der Waals surface area contributed by atoms with Gasteiger partial charge in [0.15, 0.2) is 0 Å². The van der Waals surface area contributed by atoms with Crippen LogP contribution >= 0.6 is 0 Å². The van der Waals surface area contributed by atoms with Crippen molar-refractivity contribution in [1.29, 1.82) is 5.41 Å². The normalized spacial score (nSPS) is 10.3. The van der Waals surface area contributed by atoms with Crippen LogP contribution in [0.5, 0.6) is 0 Å². The number of hydrogen-bond donors (Lipinski definition) is 3. The molecule has 0 radical (unpaired) electrons. The number of nitrogens with two attached hydrogens (primary N) is 2. The zero-order valence-electron chi connectivity index (χ0n) is 15.1. The molecule has 0 bridgehead atoms. The van der Waals surface area contributed by atoms with E-state index in [2.05, 4.69) is 4.90 Å².